The van der Waals surface area contributed by atoms with Crippen molar-refractivity contribution < 1.29 is 4.74 Å². The van der Waals surface area contributed by atoms with E-state index in [0.29, 0.717) is 6.61 Å². The highest BCUT2D eigenvalue weighted by atomic mass is 16.5. The summed E-state index contributed by atoms with van der Waals surface area (Å²) in [5.41, 5.74) is 6.27. The van der Waals surface area contributed by atoms with Crippen LogP contribution in [0.1, 0.15) is 17.0 Å². The Morgan fingerprint density at radius 1 is 1.09 bits per heavy atom. The summed E-state index contributed by atoms with van der Waals surface area (Å²) in [7, 11) is 1.67. The van der Waals surface area contributed by atoms with Crippen molar-refractivity contribution in [3.63, 3.8) is 0 Å². The van der Waals surface area contributed by atoms with E-state index in [-0.39, 0.29) is 0 Å². The van der Waals surface area contributed by atoms with Gasteiger partial charge in [-0.25, -0.2) is 4.98 Å². The lowest BCUT2D eigenvalue weighted by Gasteiger charge is -2.05. The molecule has 0 amide bonds. The van der Waals surface area contributed by atoms with Crippen LogP contribution in [-0.4, -0.2) is 22.1 Å². The largest absolute Gasteiger partial charge is 0.377 e. The second-order valence-electron chi connectivity index (χ2n) is 5.43. The number of aromatic nitrogens is 3. The zero-order valence-corrected chi connectivity index (χ0v) is 13.1. The van der Waals surface area contributed by atoms with Crippen LogP contribution in [0, 0.1) is 13.8 Å². The molecule has 22 heavy (non-hydrogen) atoms. The average Bonchev–Trinajstić information content (AvgIpc) is 2.92. The van der Waals surface area contributed by atoms with Gasteiger partial charge in [0.05, 0.1) is 11.4 Å². The zero-order chi connectivity index (χ0) is 15.5. The van der Waals surface area contributed by atoms with Gasteiger partial charge in [0, 0.05) is 18.9 Å². The normalized spacial score (nSPS) is 10.9. The molecule has 0 atom stereocenters. The maximum Gasteiger partial charge on any atom is 0.133 e. The van der Waals surface area contributed by atoms with E-state index in [9.17, 15) is 0 Å². The molecule has 0 saturated carbocycles. The molecule has 0 fully saturated rings. The molecule has 0 bridgehead atoms. The minimum absolute atomic E-state index is 0.449. The maximum atomic E-state index is 5.20. The van der Waals surface area contributed by atoms with E-state index in [1.54, 1.807) is 13.3 Å². The lowest BCUT2D eigenvalue weighted by Crippen LogP contribution is -1.89. The molecule has 112 valence electrons. The summed E-state index contributed by atoms with van der Waals surface area (Å²) in [6, 6.07) is 12.3. The molecule has 0 aliphatic carbocycles. The summed E-state index contributed by atoms with van der Waals surface area (Å²) >= 11 is 0. The number of benzene rings is 1. The van der Waals surface area contributed by atoms with Gasteiger partial charge in [0.25, 0.3) is 0 Å². The van der Waals surface area contributed by atoms with Gasteiger partial charge in [0.1, 0.15) is 18.1 Å². The van der Waals surface area contributed by atoms with Crippen molar-refractivity contribution in [3.8, 4) is 22.6 Å². The molecule has 3 rings (SSSR count). The van der Waals surface area contributed by atoms with Crippen LogP contribution >= 0.6 is 0 Å². The highest BCUT2D eigenvalue weighted by molar-refractivity contribution is 5.77. The fourth-order valence-corrected chi connectivity index (χ4v) is 2.64. The van der Waals surface area contributed by atoms with Crippen LogP contribution < -0.4 is 0 Å². The van der Waals surface area contributed by atoms with Crippen molar-refractivity contribution in [2.45, 2.75) is 20.5 Å². The molecule has 0 aliphatic heterocycles. The summed E-state index contributed by atoms with van der Waals surface area (Å²) in [5, 5.41) is 0. The number of imidazole rings is 1. The number of pyridine rings is 1. The van der Waals surface area contributed by atoms with Crippen molar-refractivity contribution in [1.82, 2.24) is 15.0 Å². The molecule has 2 aromatic heterocycles. The van der Waals surface area contributed by atoms with Crippen LogP contribution in [0.3, 0.4) is 0 Å². The number of aromatic amines is 1. The van der Waals surface area contributed by atoms with Gasteiger partial charge in [-0.3, -0.25) is 4.98 Å². The van der Waals surface area contributed by atoms with Crippen molar-refractivity contribution in [2.75, 3.05) is 7.11 Å². The average molecular weight is 293 g/mol. The number of hydrogen-bond acceptors (Lipinski definition) is 3. The number of nitrogens with one attached hydrogen (secondary N) is 1. The predicted octanol–water partition coefficient (Wildman–Crippen LogP) is 3.90. The van der Waals surface area contributed by atoms with E-state index in [0.717, 1.165) is 28.5 Å². The zero-order valence-electron chi connectivity index (χ0n) is 13.1. The molecular weight excluding hydrogens is 274 g/mol. The quantitative estimate of drug-likeness (QED) is 0.793. The predicted molar refractivity (Wildman–Crippen MR) is 87.4 cm³/mol. The van der Waals surface area contributed by atoms with E-state index in [4.69, 9.17) is 4.74 Å². The lowest BCUT2D eigenvalue weighted by atomic mass is 10.0. The Kier molecular flexibility index (Phi) is 4.02. The fourth-order valence-electron chi connectivity index (χ4n) is 2.64. The van der Waals surface area contributed by atoms with Gasteiger partial charge in [0.15, 0.2) is 0 Å². The van der Waals surface area contributed by atoms with Gasteiger partial charge < -0.3 is 9.72 Å². The Hall–Kier alpha value is -2.46. The fraction of sp³-hybridized carbons (Fsp3) is 0.222. The molecule has 4 nitrogen and oxygen atoms in total. The molecule has 1 aromatic carbocycles. The Bertz CT molecular complexity index is 758. The number of rotatable bonds is 4. The van der Waals surface area contributed by atoms with Crippen LogP contribution in [0.5, 0.6) is 0 Å². The molecule has 4 heteroatoms. The van der Waals surface area contributed by atoms with Crippen molar-refractivity contribution in [3.05, 3.63) is 59.5 Å². The summed E-state index contributed by atoms with van der Waals surface area (Å²) < 4.78 is 5.20. The van der Waals surface area contributed by atoms with Crippen LogP contribution in [0.2, 0.25) is 0 Å². The molecular formula is C18H19N3O. The minimum Gasteiger partial charge on any atom is -0.377 e. The Balaban J connectivity index is 2.17. The molecule has 0 unspecified atom stereocenters. The Morgan fingerprint density at radius 2 is 1.86 bits per heavy atom. The molecule has 2 heterocycles. The van der Waals surface area contributed by atoms with Crippen LogP contribution in [0.25, 0.3) is 22.6 Å². The SMILES string of the molecule is COCc1nc(-c2ccccn2)c(-c2cc(C)cc(C)c2)[nH]1. The summed E-state index contributed by atoms with van der Waals surface area (Å²) in [5.74, 6) is 0.803. The molecule has 0 radical (unpaired) electrons. The van der Waals surface area contributed by atoms with Gasteiger partial charge in [-0.15, -0.1) is 0 Å². The number of hydrogen-bond donors (Lipinski definition) is 1. The van der Waals surface area contributed by atoms with Crippen LogP contribution in [0.15, 0.2) is 42.6 Å². The highest BCUT2D eigenvalue weighted by Crippen LogP contribution is 2.30. The summed E-state index contributed by atoms with van der Waals surface area (Å²) in [4.78, 5) is 12.5. The van der Waals surface area contributed by atoms with E-state index < -0.39 is 0 Å². The second kappa shape index (κ2) is 6.12. The van der Waals surface area contributed by atoms with Crippen LogP contribution in [-0.2, 0) is 11.3 Å². The Labute approximate surface area is 130 Å². The van der Waals surface area contributed by atoms with Crippen molar-refractivity contribution >= 4 is 0 Å². The Morgan fingerprint density at radius 3 is 2.50 bits per heavy atom. The van der Waals surface area contributed by atoms with Crippen LogP contribution in [0.4, 0.5) is 0 Å². The van der Waals surface area contributed by atoms with E-state index in [2.05, 4.69) is 47.0 Å². The van der Waals surface area contributed by atoms with Gasteiger partial charge >= 0.3 is 0 Å². The minimum atomic E-state index is 0.449. The monoisotopic (exact) mass is 293 g/mol. The second-order valence-corrected chi connectivity index (χ2v) is 5.43. The van der Waals surface area contributed by atoms with Gasteiger partial charge in [-0.05, 0) is 38.1 Å². The van der Waals surface area contributed by atoms with Crippen molar-refractivity contribution in [2.24, 2.45) is 0 Å². The summed E-state index contributed by atoms with van der Waals surface area (Å²) in [6.45, 7) is 4.65. The van der Waals surface area contributed by atoms with Gasteiger partial charge in [-0.1, -0.05) is 23.3 Å². The topological polar surface area (TPSA) is 50.8 Å². The van der Waals surface area contributed by atoms with E-state index >= 15 is 0 Å². The number of H-pyrrole nitrogens is 1. The highest BCUT2D eigenvalue weighted by Gasteiger charge is 2.15. The number of aryl methyl sites for hydroxylation is 2. The number of methoxy groups -OCH3 is 1. The molecule has 0 aliphatic rings. The first-order valence-corrected chi connectivity index (χ1v) is 7.25. The molecule has 3 aromatic rings. The molecule has 0 saturated heterocycles. The first-order chi connectivity index (χ1) is 10.7. The van der Waals surface area contributed by atoms with Gasteiger partial charge in [-0.2, -0.15) is 0 Å². The molecule has 0 spiro atoms. The number of ether oxygens (including phenoxy) is 1. The number of nitrogens with zero attached hydrogens (tertiary/aromatic N) is 2. The lowest BCUT2D eigenvalue weighted by molar-refractivity contribution is 0.178. The first kappa shape index (κ1) is 14.5. The third-order valence-corrected chi connectivity index (χ3v) is 3.45. The van der Waals surface area contributed by atoms with Gasteiger partial charge in [0.2, 0.25) is 0 Å². The standard InChI is InChI=1S/C18H19N3O/c1-12-8-13(2)10-14(9-12)17-18(15-6-4-5-7-19-15)21-16(20-17)11-22-3/h4-10H,11H2,1-3H3,(H,20,21). The summed E-state index contributed by atoms with van der Waals surface area (Å²) in [6.07, 6.45) is 1.78. The van der Waals surface area contributed by atoms with E-state index in [1.165, 1.54) is 11.1 Å². The first-order valence-electron chi connectivity index (χ1n) is 7.25. The van der Waals surface area contributed by atoms with E-state index in [1.807, 2.05) is 18.2 Å². The molecule has 1 N–H and O–H groups in total. The third-order valence-electron chi connectivity index (χ3n) is 3.45. The van der Waals surface area contributed by atoms with Crippen molar-refractivity contribution in [1.29, 1.82) is 0 Å². The maximum absolute atomic E-state index is 5.20. The smallest absolute Gasteiger partial charge is 0.133 e. The third kappa shape index (κ3) is 2.92.